The van der Waals surface area contributed by atoms with Gasteiger partial charge in [-0.25, -0.2) is 0 Å². The van der Waals surface area contributed by atoms with Crippen molar-refractivity contribution >= 4 is 45.7 Å². The fraction of sp³-hybridized carbons (Fsp3) is 0.100. The Morgan fingerprint density at radius 3 is 2.64 bits per heavy atom. The molecule has 0 aliphatic rings. The quantitative estimate of drug-likeness (QED) is 0.525. The van der Waals surface area contributed by atoms with Crippen LogP contribution in [0.4, 0.5) is 5.69 Å². The molecule has 0 aromatic heterocycles. The van der Waals surface area contributed by atoms with E-state index in [0.717, 1.165) is 5.69 Å². The topological polar surface area (TPSA) is 29.1 Å². The summed E-state index contributed by atoms with van der Waals surface area (Å²) in [6.45, 7) is 0. The third-order valence-corrected chi connectivity index (χ3v) is 2.48. The molecular weight excluding hydrogens is 312 g/mol. The zero-order valence-electron chi connectivity index (χ0n) is 7.34. The number of alkyl halides is 1. The molecule has 0 spiro atoms. The highest BCUT2D eigenvalue weighted by atomic mass is 127. The van der Waals surface area contributed by atoms with Crippen molar-refractivity contribution < 1.29 is 4.79 Å². The highest BCUT2D eigenvalue weighted by Crippen LogP contribution is 2.10. The standard InChI is InChI=1S/C10H9ClINO/c11-7-10(14)5-6-13-9-3-1-8(12)2-4-9/h1-6,13H,7H2. The number of rotatable bonds is 4. The van der Waals surface area contributed by atoms with Gasteiger partial charge in [0.15, 0.2) is 5.78 Å². The predicted octanol–water partition coefficient (Wildman–Crippen LogP) is 3.02. The molecule has 1 N–H and O–H groups in total. The molecule has 0 bridgehead atoms. The van der Waals surface area contributed by atoms with E-state index >= 15 is 0 Å². The Labute approximate surface area is 101 Å². The maximum atomic E-state index is 10.8. The number of halogens is 2. The summed E-state index contributed by atoms with van der Waals surface area (Å²) in [6, 6.07) is 7.86. The van der Waals surface area contributed by atoms with E-state index in [4.69, 9.17) is 11.6 Å². The van der Waals surface area contributed by atoms with Crippen molar-refractivity contribution in [2.45, 2.75) is 0 Å². The fourth-order valence-corrected chi connectivity index (χ4v) is 1.27. The first-order valence-electron chi connectivity index (χ1n) is 4.00. The lowest BCUT2D eigenvalue weighted by Crippen LogP contribution is -1.95. The van der Waals surface area contributed by atoms with Crippen molar-refractivity contribution in [1.29, 1.82) is 0 Å². The number of allylic oxidation sites excluding steroid dienone is 1. The molecule has 0 radical (unpaired) electrons. The van der Waals surface area contributed by atoms with Crippen molar-refractivity contribution in [3.8, 4) is 0 Å². The third-order valence-electron chi connectivity index (χ3n) is 1.50. The maximum Gasteiger partial charge on any atom is 0.171 e. The van der Waals surface area contributed by atoms with Gasteiger partial charge < -0.3 is 5.32 Å². The number of carbonyl (C=O) groups is 1. The first-order chi connectivity index (χ1) is 6.72. The number of ketones is 1. The summed E-state index contributed by atoms with van der Waals surface area (Å²) in [7, 11) is 0. The van der Waals surface area contributed by atoms with Gasteiger partial charge in [0.25, 0.3) is 0 Å². The second-order valence-electron chi connectivity index (χ2n) is 2.58. The maximum absolute atomic E-state index is 10.8. The molecule has 0 unspecified atom stereocenters. The average molecular weight is 322 g/mol. The van der Waals surface area contributed by atoms with Crippen LogP contribution in [0.25, 0.3) is 0 Å². The number of anilines is 1. The van der Waals surface area contributed by atoms with Gasteiger partial charge in [-0.05, 0) is 52.9 Å². The summed E-state index contributed by atoms with van der Waals surface area (Å²) in [5.41, 5.74) is 0.948. The van der Waals surface area contributed by atoms with Crippen molar-refractivity contribution in [1.82, 2.24) is 0 Å². The lowest BCUT2D eigenvalue weighted by atomic mass is 10.3. The first-order valence-corrected chi connectivity index (χ1v) is 5.61. The molecule has 0 saturated carbocycles. The van der Waals surface area contributed by atoms with Crippen molar-refractivity contribution in [2.75, 3.05) is 11.2 Å². The molecular formula is C10H9ClINO. The molecule has 1 aromatic carbocycles. The Morgan fingerprint density at radius 2 is 2.07 bits per heavy atom. The van der Waals surface area contributed by atoms with Gasteiger partial charge in [-0.2, -0.15) is 0 Å². The molecule has 2 nitrogen and oxygen atoms in total. The molecule has 1 aromatic rings. The Hall–Kier alpha value is -0.550. The minimum atomic E-state index is -0.107. The number of carbonyl (C=O) groups excluding carboxylic acids is 1. The van der Waals surface area contributed by atoms with Crippen LogP contribution in [0, 0.1) is 3.57 Å². The Bertz CT molecular complexity index is 334. The molecule has 0 heterocycles. The summed E-state index contributed by atoms with van der Waals surface area (Å²) >= 11 is 7.56. The Balaban J connectivity index is 2.49. The molecule has 14 heavy (non-hydrogen) atoms. The molecule has 4 heteroatoms. The van der Waals surface area contributed by atoms with Crippen molar-refractivity contribution in [3.63, 3.8) is 0 Å². The van der Waals surface area contributed by atoms with Crippen LogP contribution in [0.3, 0.4) is 0 Å². The number of benzene rings is 1. The minimum Gasteiger partial charge on any atom is -0.362 e. The van der Waals surface area contributed by atoms with Gasteiger partial charge in [0.1, 0.15) is 0 Å². The zero-order chi connectivity index (χ0) is 10.4. The molecule has 0 atom stereocenters. The lowest BCUT2D eigenvalue weighted by molar-refractivity contribution is -0.112. The van der Waals surface area contributed by atoms with E-state index in [0.29, 0.717) is 0 Å². The van der Waals surface area contributed by atoms with Gasteiger partial charge in [-0.1, -0.05) is 0 Å². The number of nitrogens with one attached hydrogen (secondary N) is 1. The predicted molar refractivity (Wildman–Crippen MR) is 67.6 cm³/mol. The van der Waals surface area contributed by atoms with E-state index in [9.17, 15) is 4.79 Å². The van der Waals surface area contributed by atoms with Crippen LogP contribution < -0.4 is 5.32 Å². The molecule has 1 rings (SSSR count). The van der Waals surface area contributed by atoms with Gasteiger partial charge in [0.05, 0.1) is 5.88 Å². The summed E-state index contributed by atoms with van der Waals surface area (Å²) in [5, 5.41) is 2.97. The van der Waals surface area contributed by atoms with E-state index in [-0.39, 0.29) is 11.7 Å². The molecule has 0 saturated heterocycles. The monoisotopic (exact) mass is 321 g/mol. The van der Waals surface area contributed by atoms with E-state index < -0.39 is 0 Å². The number of hydrogen-bond acceptors (Lipinski definition) is 2. The largest absolute Gasteiger partial charge is 0.362 e. The fourth-order valence-electron chi connectivity index (χ4n) is 0.821. The molecule has 0 aliphatic carbocycles. The highest BCUT2D eigenvalue weighted by Gasteiger charge is 1.91. The normalized spacial score (nSPS) is 10.4. The van der Waals surface area contributed by atoms with Gasteiger partial charge in [-0.3, -0.25) is 4.79 Å². The second kappa shape index (κ2) is 6.03. The van der Waals surface area contributed by atoms with Gasteiger partial charge >= 0.3 is 0 Å². The second-order valence-corrected chi connectivity index (χ2v) is 4.10. The van der Waals surface area contributed by atoms with Crippen molar-refractivity contribution in [3.05, 3.63) is 40.1 Å². The summed E-state index contributed by atoms with van der Waals surface area (Å²) in [4.78, 5) is 10.8. The van der Waals surface area contributed by atoms with E-state index in [1.54, 1.807) is 6.20 Å². The zero-order valence-corrected chi connectivity index (χ0v) is 10.2. The van der Waals surface area contributed by atoms with Crippen LogP contribution in [0.1, 0.15) is 0 Å². The SMILES string of the molecule is O=C(C=CNc1ccc(I)cc1)CCl. The van der Waals surface area contributed by atoms with E-state index in [1.165, 1.54) is 9.65 Å². The minimum absolute atomic E-state index is 0.0187. The van der Waals surface area contributed by atoms with E-state index in [2.05, 4.69) is 27.9 Å². The van der Waals surface area contributed by atoms with Gasteiger partial charge in [-0.15, -0.1) is 11.6 Å². The molecule has 74 valence electrons. The molecule has 0 fully saturated rings. The highest BCUT2D eigenvalue weighted by molar-refractivity contribution is 14.1. The number of hydrogen-bond donors (Lipinski definition) is 1. The van der Waals surface area contributed by atoms with Crippen LogP contribution in [0.5, 0.6) is 0 Å². The van der Waals surface area contributed by atoms with Crippen LogP contribution in [0.2, 0.25) is 0 Å². The molecule has 0 aliphatic heterocycles. The van der Waals surface area contributed by atoms with Gasteiger partial charge in [0, 0.05) is 15.5 Å². The summed E-state index contributed by atoms with van der Waals surface area (Å²) in [5.74, 6) is -0.0881. The Morgan fingerprint density at radius 1 is 1.43 bits per heavy atom. The smallest absolute Gasteiger partial charge is 0.171 e. The third kappa shape index (κ3) is 4.11. The van der Waals surface area contributed by atoms with Crippen LogP contribution in [0.15, 0.2) is 36.5 Å². The molecule has 0 amide bonds. The summed E-state index contributed by atoms with van der Waals surface area (Å²) < 4.78 is 1.17. The lowest BCUT2D eigenvalue weighted by Gasteiger charge is -1.99. The first kappa shape index (κ1) is 11.5. The summed E-state index contributed by atoms with van der Waals surface area (Å²) in [6.07, 6.45) is 3.01. The van der Waals surface area contributed by atoms with Gasteiger partial charge in [0.2, 0.25) is 0 Å². The van der Waals surface area contributed by atoms with Crippen LogP contribution in [-0.4, -0.2) is 11.7 Å². The van der Waals surface area contributed by atoms with Crippen LogP contribution in [-0.2, 0) is 4.79 Å². The Kier molecular flexibility index (Phi) is 4.97. The van der Waals surface area contributed by atoms with Crippen LogP contribution >= 0.6 is 34.2 Å². The average Bonchev–Trinajstić information content (AvgIpc) is 2.21. The van der Waals surface area contributed by atoms with E-state index in [1.807, 2.05) is 24.3 Å². The van der Waals surface area contributed by atoms with Crippen molar-refractivity contribution in [2.24, 2.45) is 0 Å².